The number of methoxy groups -OCH3 is 1. The van der Waals surface area contributed by atoms with Crippen molar-refractivity contribution in [3.63, 3.8) is 0 Å². The number of carbonyl (C=O) groups is 1. The Bertz CT molecular complexity index is 555. The maximum atomic E-state index is 12.2. The van der Waals surface area contributed by atoms with Crippen LogP contribution in [-0.2, 0) is 20.7 Å². The molecule has 5 heteroatoms. The van der Waals surface area contributed by atoms with E-state index in [1.54, 1.807) is 7.11 Å². The van der Waals surface area contributed by atoms with Gasteiger partial charge in [0, 0.05) is 12.2 Å². The van der Waals surface area contributed by atoms with Crippen LogP contribution in [0.25, 0.3) is 0 Å². The zero-order chi connectivity index (χ0) is 15.0. The molecule has 21 heavy (non-hydrogen) atoms. The van der Waals surface area contributed by atoms with Gasteiger partial charge in [-0.15, -0.1) is 0 Å². The molecule has 1 fully saturated rings. The van der Waals surface area contributed by atoms with E-state index in [0.29, 0.717) is 19.6 Å². The van der Waals surface area contributed by atoms with Crippen LogP contribution in [0, 0.1) is 0 Å². The second-order valence-corrected chi connectivity index (χ2v) is 5.96. The SMILES string of the molecule is COc1ccc2c(c1)CC(=O)N2CC[C@H]1COC(C)(C)O1. The fraction of sp³-hybridized carbons (Fsp3) is 0.562. The summed E-state index contributed by atoms with van der Waals surface area (Å²) in [4.78, 5) is 14.0. The lowest BCUT2D eigenvalue weighted by atomic mass is 10.1. The van der Waals surface area contributed by atoms with E-state index >= 15 is 0 Å². The van der Waals surface area contributed by atoms with Crippen molar-refractivity contribution >= 4 is 11.6 Å². The van der Waals surface area contributed by atoms with Crippen LogP contribution < -0.4 is 9.64 Å². The van der Waals surface area contributed by atoms with E-state index in [1.807, 2.05) is 36.9 Å². The molecule has 1 amide bonds. The summed E-state index contributed by atoms with van der Waals surface area (Å²) in [7, 11) is 1.63. The average Bonchev–Trinajstić information content (AvgIpc) is 2.94. The number of hydrogen-bond donors (Lipinski definition) is 0. The third kappa shape index (κ3) is 2.89. The molecule has 1 aromatic rings. The van der Waals surface area contributed by atoms with Gasteiger partial charge in [0.1, 0.15) is 5.75 Å². The Morgan fingerprint density at radius 3 is 2.90 bits per heavy atom. The molecular formula is C16H21NO4. The van der Waals surface area contributed by atoms with Gasteiger partial charge in [0.25, 0.3) is 0 Å². The highest BCUT2D eigenvalue weighted by atomic mass is 16.7. The van der Waals surface area contributed by atoms with E-state index in [2.05, 4.69) is 0 Å². The topological polar surface area (TPSA) is 48.0 Å². The molecule has 0 radical (unpaired) electrons. The van der Waals surface area contributed by atoms with Crippen LogP contribution in [-0.4, -0.2) is 38.1 Å². The lowest BCUT2D eigenvalue weighted by Gasteiger charge is -2.21. The summed E-state index contributed by atoms with van der Waals surface area (Å²) in [5.41, 5.74) is 2.02. The Morgan fingerprint density at radius 2 is 2.24 bits per heavy atom. The molecule has 0 spiro atoms. The highest BCUT2D eigenvalue weighted by Gasteiger charge is 2.34. The minimum atomic E-state index is -0.509. The second kappa shape index (κ2) is 5.31. The van der Waals surface area contributed by atoms with Crippen molar-refractivity contribution in [1.29, 1.82) is 0 Å². The van der Waals surface area contributed by atoms with E-state index in [-0.39, 0.29) is 12.0 Å². The lowest BCUT2D eigenvalue weighted by molar-refractivity contribution is -0.138. The van der Waals surface area contributed by atoms with Gasteiger partial charge in [-0.2, -0.15) is 0 Å². The quantitative estimate of drug-likeness (QED) is 0.852. The summed E-state index contributed by atoms with van der Waals surface area (Å²) in [5.74, 6) is 0.416. The number of ether oxygens (including phenoxy) is 3. The summed E-state index contributed by atoms with van der Waals surface area (Å²) >= 11 is 0. The zero-order valence-corrected chi connectivity index (χ0v) is 12.7. The number of carbonyl (C=O) groups excluding carboxylic acids is 1. The van der Waals surface area contributed by atoms with Crippen molar-refractivity contribution in [1.82, 2.24) is 0 Å². The van der Waals surface area contributed by atoms with Gasteiger partial charge in [-0.1, -0.05) is 0 Å². The molecule has 0 saturated carbocycles. The maximum absolute atomic E-state index is 12.2. The number of hydrogen-bond acceptors (Lipinski definition) is 4. The van der Waals surface area contributed by atoms with Gasteiger partial charge in [-0.05, 0) is 44.0 Å². The molecule has 0 N–H and O–H groups in total. The summed E-state index contributed by atoms with van der Waals surface area (Å²) in [6.07, 6.45) is 1.27. The van der Waals surface area contributed by atoms with Crippen molar-refractivity contribution < 1.29 is 19.0 Å². The van der Waals surface area contributed by atoms with E-state index in [0.717, 1.165) is 23.4 Å². The van der Waals surface area contributed by atoms with Gasteiger partial charge >= 0.3 is 0 Å². The second-order valence-electron chi connectivity index (χ2n) is 5.96. The number of rotatable bonds is 4. The first kappa shape index (κ1) is 14.4. The van der Waals surface area contributed by atoms with Gasteiger partial charge in [-0.3, -0.25) is 4.79 Å². The van der Waals surface area contributed by atoms with Gasteiger partial charge in [0.2, 0.25) is 5.91 Å². The Labute approximate surface area is 124 Å². The smallest absolute Gasteiger partial charge is 0.231 e. The Balaban J connectivity index is 1.66. The summed E-state index contributed by atoms with van der Waals surface area (Å²) < 4.78 is 16.5. The molecule has 0 bridgehead atoms. The fourth-order valence-electron chi connectivity index (χ4n) is 2.91. The van der Waals surface area contributed by atoms with Crippen molar-refractivity contribution in [3.05, 3.63) is 23.8 Å². The first-order chi connectivity index (χ1) is 9.98. The molecule has 0 aliphatic carbocycles. The predicted octanol–water partition coefficient (Wildman–Crippen LogP) is 2.13. The van der Waals surface area contributed by atoms with Crippen molar-refractivity contribution in [2.75, 3.05) is 25.2 Å². The molecule has 2 aliphatic heterocycles. The third-order valence-corrected chi connectivity index (χ3v) is 3.96. The van der Waals surface area contributed by atoms with Gasteiger partial charge in [-0.25, -0.2) is 0 Å². The normalized spacial score (nSPS) is 23.5. The number of nitrogens with zero attached hydrogens (tertiary/aromatic N) is 1. The molecule has 0 unspecified atom stereocenters. The van der Waals surface area contributed by atoms with Gasteiger partial charge in [0.15, 0.2) is 5.79 Å². The number of anilines is 1. The van der Waals surface area contributed by atoms with Crippen molar-refractivity contribution in [2.45, 2.75) is 38.6 Å². The summed E-state index contributed by atoms with van der Waals surface area (Å²) in [6, 6.07) is 5.78. The van der Waals surface area contributed by atoms with Gasteiger partial charge < -0.3 is 19.1 Å². The van der Waals surface area contributed by atoms with Crippen LogP contribution in [0.1, 0.15) is 25.8 Å². The molecule has 3 rings (SSSR count). The number of fused-ring (bicyclic) bond motifs is 1. The first-order valence-electron chi connectivity index (χ1n) is 7.27. The molecule has 2 aliphatic rings. The van der Waals surface area contributed by atoms with Crippen molar-refractivity contribution in [3.8, 4) is 5.75 Å². The molecule has 114 valence electrons. The molecule has 2 heterocycles. The van der Waals surface area contributed by atoms with Crippen molar-refractivity contribution in [2.24, 2.45) is 0 Å². The Hall–Kier alpha value is -1.59. The Morgan fingerprint density at radius 1 is 1.43 bits per heavy atom. The number of benzene rings is 1. The maximum Gasteiger partial charge on any atom is 0.231 e. The van der Waals surface area contributed by atoms with Crippen LogP contribution in [0.2, 0.25) is 0 Å². The predicted molar refractivity (Wildman–Crippen MR) is 78.6 cm³/mol. The van der Waals surface area contributed by atoms with E-state index in [1.165, 1.54) is 0 Å². The lowest BCUT2D eigenvalue weighted by Crippen LogP contribution is -2.31. The fourth-order valence-corrected chi connectivity index (χ4v) is 2.91. The van der Waals surface area contributed by atoms with E-state index < -0.39 is 5.79 Å². The van der Waals surface area contributed by atoms with Crippen LogP contribution in [0.5, 0.6) is 5.75 Å². The monoisotopic (exact) mass is 291 g/mol. The molecule has 1 atom stereocenters. The molecule has 0 aromatic heterocycles. The zero-order valence-electron chi connectivity index (χ0n) is 12.7. The van der Waals surface area contributed by atoms with Gasteiger partial charge in [0.05, 0.1) is 26.2 Å². The molecule has 1 saturated heterocycles. The largest absolute Gasteiger partial charge is 0.497 e. The summed E-state index contributed by atoms with van der Waals surface area (Å²) in [5, 5.41) is 0. The highest BCUT2D eigenvalue weighted by molar-refractivity contribution is 6.01. The van der Waals surface area contributed by atoms with E-state index in [4.69, 9.17) is 14.2 Å². The minimum absolute atomic E-state index is 0.0510. The highest BCUT2D eigenvalue weighted by Crippen LogP contribution is 2.33. The average molecular weight is 291 g/mol. The van der Waals surface area contributed by atoms with Crippen LogP contribution >= 0.6 is 0 Å². The third-order valence-electron chi connectivity index (χ3n) is 3.96. The first-order valence-corrected chi connectivity index (χ1v) is 7.27. The minimum Gasteiger partial charge on any atom is -0.497 e. The van der Waals surface area contributed by atoms with E-state index in [9.17, 15) is 4.79 Å². The van der Waals surface area contributed by atoms with Crippen LogP contribution in [0.15, 0.2) is 18.2 Å². The standard InChI is InChI=1S/C16H21NO4/c1-16(2)20-10-13(21-16)6-7-17-14-5-4-12(19-3)8-11(14)9-15(17)18/h4-5,8,13H,6-7,9-10H2,1-3H3/t13-/m0/s1. The number of amides is 1. The van der Waals surface area contributed by atoms with Crippen LogP contribution in [0.4, 0.5) is 5.69 Å². The van der Waals surface area contributed by atoms with Crippen LogP contribution in [0.3, 0.4) is 0 Å². The molecular weight excluding hydrogens is 270 g/mol. The molecule has 5 nitrogen and oxygen atoms in total. The molecule has 1 aromatic carbocycles. The summed E-state index contributed by atoms with van der Waals surface area (Å²) in [6.45, 7) is 5.07. The Kier molecular flexibility index (Phi) is 3.63.